The number of fused-ring (bicyclic) bond motifs is 6. The highest BCUT2D eigenvalue weighted by molar-refractivity contribution is 6.61. The van der Waals surface area contributed by atoms with E-state index in [1.54, 1.807) is 16.3 Å². The topological polar surface area (TPSA) is 0 Å². The van der Waals surface area contributed by atoms with Gasteiger partial charge in [0.05, 0.1) is 19.0 Å². The van der Waals surface area contributed by atoms with Crippen LogP contribution in [-0.2, 0) is 12.8 Å². The summed E-state index contributed by atoms with van der Waals surface area (Å²) in [5.74, 6) is 0. The molecule has 4 radical (unpaired) electrons. The van der Waals surface area contributed by atoms with Crippen molar-refractivity contribution < 1.29 is 0 Å². The minimum Gasteiger partial charge on any atom is -0.0696 e. The van der Waals surface area contributed by atoms with Gasteiger partial charge in [0.15, 0.2) is 0 Å². The Kier molecular flexibility index (Phi) is 9.99. The van der Waals surface area contributed by atoms with Crippen molar-refractivity contribution in [2.24, 2.45) is 0 Å². The molecule has 2 aliphatic carbocycles. The predicted molar refractivity (Wildman–Crippen MR) is 174 cm³/mol. The van der Waals surface area contributed by atoms with E-state index in [-0.39, 0.29) is 0 Å². The highest BCUT2D eigenvalue weighted by Gasteiger charge is 2.20. The first-order valence-corrected chi connectivity index (χ1v) is 17.3. The largest absolute Gasteiger partial charge is 0.0781 e. The minimum absolute atomic E-state index is 0.872. The van der Waals surface area contributed by atoms with Crippen LogP contribution in [0.2, 0.25) is 13.1 Å². The molecule has 0 N–H and O–H groups in total. The third-order valence-electron chi connectivity index (χ3n) is 7.68. The molecule has 0 bridgehead atoms. The van der Waals surface area contributed by atoms with Gasteiger partial charge in [0, 0.05) is 0 Å². The lowest BCUT2D eigenvalue weighted by Gasteiger charge is -2.11. The van der Waals surface area contributed by atoms with Crippen LogP contribution in [0.4, 0.5) is 0 Å². The van der Waals surface area contributed by atoms with Gasteiger partial charge in [-0.05, 0) is 70.5 Å². The molecule has 0 fully saturated rings. The summed E-state index contributed by atoms with van der Waals surface area (Å²) in [5, 5.41) is 8.77. The third-order valence-corrected chi connectivity index (χ3v) is 9.83. The van der Waals surface area contributed by atoms with Crippen LogP contribution in [0.15, 0.2) is 77.9 Å². The van der Waals surface area contributed by atoms with Crippen LogP contribution in [0, 0.1) is 0 Å². The van der Waals surface area contributed by atoms with E-state index in [0.29, 0.717) is 0 Å². The number of hydrogen-bond donors (Lipinski definition) is 0. The second-order valence-corrected chi connectivity index (χ2v) is 12.6. The maximum absolute atomic E-state index is 2.35. The van der Waals surface area contributed by atoms with Gasteiger partial charge in [-0.3, -0.25) is 0 Å². The Bertz CT molecular complexity index is 1470. The predicted octanol–water partition coefficient (Wildman–Crippen LogP) is 9.64. The lowest BCUT2D eigenvalue weighted by molar-refractivity contribution is 0.702. The highest BCUT2D eigenvalue weighted by Crippen LogP contribution is 2.36. The molecule has 4 aromatic rings. The van der Waals surface area contributed by atoms with Crippen LogP contribution in [-0.4, -0.2) is 19.0 Å². The Balaban J connectivity index is 0.000000149. The summed E-state index contributed by atoms with van der Waals surface area (Å²) in [7, 11) is 1.77. The van der Waals surface area contributed by atoms with E-state index in [1.807, 2.05) is 0 Å². The molecular weight excluding hydrogens is 489 g/mol. The van der Waals surface area contributed by atoms with E-state index in [4.69, 9.17) is 0 Å². The van der Waals surface area contributed by atoms with Gasteiger partial charge < -0.3 is 0 Å². The van der Waals surface area contributed by atoms with Crippen LogP contribution in [0.5, 0.6) is 0 Å². The maximum atomic E-state index is 2.35. The smallest absolute Gasteiger partial charge is 0.0696 e. The van der Waals surface area contributed by atoms with E-state index >= 15 is 0 Å². The van der Waals surface area contributed by atoms with Crippen molar-refractivity contribution in [2.75, 3.05) is 0 Å². The number of hydrogen-bond acceptors (Lipinski definition) is 0. The van der Waals surface area contributed by atoms with Gasteiger partial charge in [-0.25, -0.2) is 0 Å². The maximum Gasteiger partial charge on any atom is 0.0781 e. The molecular formula is C36H42Si2. The van der Waals surface area contributed by atoms with Crippen molar-refractivity contribution in [3.63, 3.8) is 0 Å². The first-order chi connectivity index (χ1) is 18.5. The van der Waals surface area contributed by atoms with Gasteiger partial charge in [-0.2, -0.15) is 0 Å². The molecule has 6 rings (SSSR count). The number of benzene rings is 4. The lowest BCUT2D eigenvalue weighted by atomic mass is 10.0. The molecule has 2 heteroatoms. The average Bonchev–Trinajstić information content (AvgIpc) is 3.50. The van der Waals surface area contributed by atoms with Crippen LogP contribution >= 0.6 is 0 Å². The van der Waals surface area contributed by atoms with Gasteiger partial charge in [0.25, 0.3) is 0 Å². The monoisotopic (exact) mass is 530 g/mol. The van der Waals surface area contributed by atoms with E-state index < -0.39 is 0 Å². The summed E-state index contributed by atoms with van der Waals surface area (Å²) in [6.07, 6.45) is 10.1. The normalized spacial score (nSPS) is 13.5. The summed E-state index contributed by atoms with van der Waals surface area (Å²) in [6.45, 7) is 13.5. The Hall–Kier alpha value is -2.69. The summed E-state index contributed by atoms with van der Waals surface area (Å²) < 4.78 is 0. The molecule has 0 aliphatic heterocycles. The van der Waals surface area contributed by atoms with Gasteiger partial charge in [-0.15, -0.1) is 0 Å². The Labute approximate surface area is 235 Å². The van der Waals surface area contributed by atoms with Crippen molar-refractivity contribution in [1.29, 1.82) is 0 Å². The SMILES string of the molecule is CC1=Cc2c(ccc3ccccc23)C1.CCCCCC.C[Si]C1=C(C)Cc2ccc3c([Si]C)cccc3c21. The second-order valence-electron chi connectivity index (χ2n) is 10.6. The quantitative estimate of drug-likeness (QED) is 0.178. The Morgan fingerprint density at radius 3 is 2.08 bits per heavy atom. The summed E-state index contributed by atoms with van der Waals surface area (Å²) in [4.78, 5) is 0. The zero-order valence-corrected chi connectivity index (χ0v) is 26.2. The molecule has 0 nitrogen and oxygen atoms in total. The molecule has 0 saturated heterocycles. The summed E-state index contributed by atoms with van der Waals surface area (Å²) in [6, 6.07) is 24.5. The first-order valence-electron chi connectivity index (χ1n) is 14.3. The van der Waals surface area contributed by atoms with Crippen molar-refractivity contribution in [2.45, 2.75) is 79.3 Å². The first kappa shape index (κ1) is 28.3. The van der Waals surface area contributed by atoms with E-state index in [0.717, 1.165) is 31.9 Å². The third kappa shape index (κ3) is 6.13. The molecule has 0 atom stereocenters. The standard InChI is InChI=1S/C16H16Si2.C14H12.C6H14/c1-10-9-11-7-8-12-13(15(11)16(10)18-3)5-4-6-14(12)17-2;1-10-8-12-7-6-11-4-2-3-5-13(11)14(12)9-10;1-3-5-6-4-2/h4-8H,9H2,1-3H3;2-7,9H,8H2,1H3;3-6H2,1-2H3. The van der Waals surface area contributed by atoms with E-state index in [9.17, 15) is 0 Å². The number of rotatable bonds is 5. The molecule has 0 heterocycles. The van der Waals surface area contributed by atoms with Crippen molar-refractivity contribution >= 4 is 57.0 Å². The van der Waals surface area contributed by atoms with Crippen molar-refractivity contribution in [3.8, 4) is 0 Å². The van der Waals surface area contributed by atoms with E-state index in [2.05, 4.69) is 114 Å². The number of allylic oxidation sites excluding steroid dienone is 2. The summed E-state index contributed by atoms with van der Waals surface area (Å²) in [5.41, 5.74) is 9.02. The van der Waals surface area contributed by atoms with Gasteiger partial charge in [-0.1, -0.05) is 147 Å². The second kappa shape index (κ2) is 13.4. The van der Waals surface area contributed by atoms with Gasteiger partial charge in [0.1, 0.15) is 0 Å². The molecule has 194 valence electrons. The van der Waals surface area contributed by atoms with E-state index in [1.165, 1.54) is 74.7 Å². The minimum atomic E-state index is 0.872. The molecule has 2 aliphatic rings. The van der Waals surface area contributed by atoms with Crippen LogP contribution in [0.25, 0.3) is 32.8 Å². The molecule has 0 spiro atoms. The van der Waals surface area contributed by atoms with Gasteiger partial charge >= 0.3 is 0 Å². The Morgan fingerprint density at radius 1 is 0.658 bits per heavy atom. The zero-order chi connectivity index (χ0) is 27.1. The molecule has 0 saturated carbocycles. The molecule has 0 aromatic heterocycles. The van der Waals surface area contributed by atoms with Gasteiger partial charge in [0.2, 0.25) is 0 Å². The fourth-order valence-corrected chi connectivity index (χ4v) is 7.56. The van der Waals surface area contributed by atoms with Crippen LogP contribution in [0.1, 0.15) is 75.6 Å². The Morgan fingerprint density at radius 2 is 1.37 bits per heavy atom. The molecule has 4 aromatic carbocycles. The van der Waals surface area contributed by atoms with Crippen molar-refractivity contribution in [1.82, 2.24) is 0 Å². The molecule has 0 unspecified atom stereocenters. The van der Waals surface area contributed by atoms with Crippen molar-refractivity contribution in [3.05, 3.63) is 100 Å². The zero-order valence-electron chi connectivity index (χ0n) is 24.2. The molecule has 38 heavy (non-hydrogen) atoms. The lowest BCUT2D eigenvalue weighted by Crippen LogP contribution is -2.11. The highest BCUT2D eigenvalue weighted by atomic mass is 28.2. The fraction of sp³-hybridized carbons (Fsp3) is 0.333. The van der Waals surface area contributed by atoms with Crippen LogP contribution < -0.4 is 5.19 Å². The molecule has 0 amide bonds. The van der Waals surface area contributed by atoms with Crippen LogP contribution in [0.3, 0.4) is 0 Å². The summed E-state index contributed by atoms with van der Waals surface area (Å²) >= 11 is 0. The number of unbranched alkanes of at least 4 members (excludes halogenated alkanes) is 3. The fourth-order valence-electron chi connectivity index (χ4n) is 5.75. The average molecular weight is 531 g/mol.